The molecule has 0 spiro atoms. The van der Waals surface area contributed by atoms with Gasteiger partial charge >= 0.3 is 11.9 Å². The minimum absolute atomic E-state index is 0.250. The van der Waals surface area contributed by atoms with E-state index in [0.717, 1.165) is 0 Å². The number of aliphatic carboxylic acids is 2. The summed E-state index contributed by atoms with van der Waals surface area (Å²) in [7, 11) is 0. The summed E-state index contributed by atoms with van der Waals surface area (Å²) in [6, 6.07) is -3.39. The van der Waals surface area contributed by atoms with Crippen molar-refractivity contribution in [3.63, 3.8) is 0 Å². The second-order valence-electron chi connectivity index (χ2n) is 6.56. The average molecular weight is 402 g/mol. The second-order valence-corrected chi connectivity index (χ2v) is 6.56. The molecule has 1 rings (SSSR count). The number of likely N-dealkylation sites (tertiary alicyclic amines) is 1. The van der Waals surface area contributed by atoms with E-state index in [1.807, 2.05) is 0 Å². The zero-order chi connectivity index (χ0) is 21.4. The van der Waals surface area contributed by atoms with E-state index in [0.29, 0.717) is 12.8 Å². The fourth-order valence-electron chi connectivity index (χ4n) is 2.79. The van der Waals surface area contributed by atoms with Crippen molar-refractivity contribution >= 4 is 29.7 Å². The van der Waals surface area contributed by atoms with Crippen LogP contribution in [0.1, 0.15) is 32.6 Å². The number of nitrogens with zero attached hydrogens (tertiary/aromatic N) is 1. The summed E-state index contributed by atoms with van der Waals surface area (Å²) in [5, 5.41) is 31.4. The number of aliphatic hydroxyl groups excluding tert-OH is 1. The molecule has 1 aliphatic heterocycles. The third kappa shape index (κ3) is 6.78. The Labute approximate surface area is 161 Å². The van der Waals surface area contributed by atoms with E-state index >= 15 is 0 Å². The Morgan fingerprint density at radius 2 is 1.82 bits per heavy atom. The van der Waals surface area contributed by atoms with Crippen LogP contribution in [-0.2, 0) is 24.0 Å². The van der Waals surface area contributed by atoms with Crippen LogP contribution in [0.5, 0.6) is 0 Å². The number of carbonyl (C=O) groups excluding carboxylic acids is 3. The van der Waals surface area contributed by atoms with Gasteiger partial charge in [0.05, 0.1) is 6.10 Å². The minimum atomic E-state index is -1.30. The summed E-state index contributed by atoms with van der Waals surface area (Å²) in [5.41, 5.74) is 5.64. The van der Waals surface area contributed by atoms with Gasteiger partial charge in [-0.3, -0.25) is 24.0 Å². The van der Waals surface area contributed by atoms with Crippen molar-refractivity contribution in [3.8, 4) is 0 Å². The van der Waals surface area contributed by atoms with E-state index in [1.165, 1.54) is 11.8 Å². The molecule has 12 nitrogen and oxygen atoms in total. The zero-order valence-corrected chi connectivity index (χ0v) is 15.5. The molecule has 0 aromatic carbocycles. The highest BCUT2D eigenvalue weighted by atomic mass is 16.4. The van der Waals surface area contributed by atoms with Gasteiger partial charge in [-0.05, 0) is 26.2 Å². The van der Waals surface area contributed by atoms with Gasteiger partial charge in [-0.1, -0.05) is 0 Å². The monoisotopic (exact) mass is 402 g/mol. The van der Waals surface area contributed by atoms with Crippen LogP contribution >= 0.6 is 0 Å². The SMILES string of the molecule is CC(O)C(N)C(=O)N1CCCC1C(=O)NC(CCC(=O)O)C(=O)NCC(=O)O. The smallest absolute Gasteiger partial charge is 0.322 e. The van der Waals surface area contributed by atoms with Crippen molar-refractivity contribution in [2.75, 3.05) is 13.1 Å². The maximum atomic E-state index is 12.6. The van der Waals surface area contributed by atoms with Gasteiger partial charge in [0.25, 0.3) is 0 Å². The molecular formula is C16H26N4O8. The van der Waals surface area contributed by atoms with Crippen molar-refractivity contribution < 1.29 is 39.3 Å². The number of nitrogens with one attached hydrogen (secondary N) is 2. The highest BCUT2D eigenvalue weighted by Crippen LogP contribution is 2.19. The maximum Gasteiger partial charge on any atom is 0.322 e. The van der Waals surface area contributed by atoms with Crippen LogP contribution in [0.2, 0.25) is 0 Å². The molecule has 1 aliphatic rings. The first-order valence-corrected chi connectivity index (χ1v) is 8.80. The molecule has 0 aliphatic carbocycles. The van der Waals surface area contributed by atoms with Crippen LogP contribution in [-0.4, -0.2) is 87.2 Å². The molecule has 158 valence electrons. The Morgan fingerprint density at radius 3 is 2.36 bits per heavy atom. The fourth-order valence-corrected chi connectivity index (χ4v) is 2.79. The summed E-state index contributed by atoms with van der Waals surface area (Å²) >= 11 is 0. The van der Waals surface area contributed by atoms with E-state index < -0.39 is 66.9 Å². The molecule has 12 heteroatoms. The van der Waals surface area contributed by atoms with Crippen molar-refractivity contribution in [2.24, 2.45) is 5.73 Å². The average Bonchev–Trinajstić information content (AvgIpc) is 3.11. The van der Waals surface area contributed by atoms with Crippen LogP contribution in [0.4, 0.5) is 0 Å². The van der Waals surface area contributed by atoms with Crippen LogP contribution in [0, 0.1) is 0 Å². The van der Waals surface area contributed by atoms with E-state index in [1.54, 1.807) is 0 Å². The van der Waals surface area contributed by atoms with Crippen molar-refractivity contribution in [1.82, 2.24) is 15.5 Å². The number of carboxylic acids is 2. The summed E-state index contributed by atoms with van der Waals surface area (Å²) in [5.74, 6) is -4.61. The van der Waals surface area contributed by atoms with Gasteiger partial charge in [0.15, 0.2) is 0 Å². The van der Waals surface area contributed by atoms with E-state index in [2.05, 4.69) is 10.6 Å². The summed E-state index contributed by atoms with van der Waals surface area (Å²) in [6.07, 6.45) is -0.957. The number of amides is 3. The van der Waals surface area contributed by atoms with E-state index in [-0.39, 0.29) is 13.0 Å². The van der Waals surface area contributed by atoms with Crippen LogP contribution in [0.3, 0.4) is 0 Å². The highest BCUT2D eigenvalue weighted by Gasteiger charge is 2.38. The molecule has 28 heavy (non-hydrogen) atoms. The Morgan fingerprint density at radius 1 is 1.18 bits per heavy atom. The molecule has 0 radical (unpaired) electrons. The second kappa shape index (κ2) is 10.6. The molecule has 0 aromatic rings. The third-order valence-electron chi connectivity index (χ3n) is 4.34. The number of rotatable bonds is 10. The molecule has 3 amide bonds. The topological polar surface area (TPSA) is 199 Å². The highest BCUT2D eigenvalue weighted by molar-refractivity contribution is 5.94. The molecule has 7 N–H and O–H groups in total. The Bertz CT molecular complexity index is 624. The lowest BCUT2D eigenvalue weighted by Gasteiger charge is -2.29. The minimum Gasteiger partial charge on any atom is -0.481 e. The lowest BCUT2D eigenvalue weighted by Crippen LogP contribution is -2.56. The lowest BCUT2D eigenvalue weighted by atomic mass is 10.1. The number of carboxylic acid groups (broad SMARTS) is 2. The van der Waals surface area contributed by atoms with Crippen LogP contribution in [0.15, 0.2) is 0 Å². The van der Waals surface area contributed by atoms with Gasteiger partial charge < -0.3 is 36.6 Å². The Hall–Kier alpha value is -2.73. The molecule has 0 bridgehead atoms. The Kier molecular flexibility index (Phi) is 8.79. The zero-order valence-electron chi connectivity index (χ0n) is 15.5. The predicted molar refractivity (Wildman–Crippen MR) is 93.8 cm³/mol. The van der Waals surface area contributed by atoms with Crippen molar-refractivity contribution in [2.45, 2.75) is 56.8 Å². The number of aliphatic hydroxyl groups is 1. The molecule has 4 atom stereocenters. The first-order chi connectivity index (χ1) is 13.0. The molecule has 1 fully saturated rings. The number of hydrogen-bond acceptors (Lipinski definition) is 7. The number of nitrogens with two attached hydrogens (primary N) is 1. The third-order valence-corrected chi connectivity index (χ3v) is 4.34. The first kappa shape index (κ1) is 23.3. The maximum absolute atomic E-state index is 12.6. The van der Waals surface area contributed by atoms with Gasteiger partial charge in [0.2, 0.25) is 17.7 Å². The van der Waals surface area contributed by atoms with Crippen molar-refractivity contribution in [3.05, 3.63) is 0 Å². The Balaban J connectivity index is 2.83. The van der Waals surface area contributed by atoms with Crippen LogP contribution < -0.4 is 16.4 Å². The fraction of sp³-hybridized carbons (Fsp3) is 0.688. The van der Waals surface area contributed by atoms with Gasteiger partial charge in [-0.25, -0.2) is 0 Å². The van der Waals surface area contributed by atoms with Crippen LogP contribution in [0.25, 0.3) is 0 Å². The quantitative estimate of drug-likeness (QED) is 0.224. The molecule has 1 saturated heterocycles. The standard InChI is InChI=1S/C16H26N4O8/c1-8(21)13(17)16(28)20-6-2-3-10(20)15(27)19-9(4-5-11(22)23)14(26)18-7-12(24)25/h8-10,13,21H,2-7,17H2,1H3,(H,18,26)(H,19,27)(H,22,23)(H,24,25). The van der Waals surface area contributed by atoms with Crippen molar-refractivity contribution in [1.29, 1.82) is 0 Å². The molecule has 0 aromatic heterocycles. The summed E-state index contributed by atoms with van der Waals surface area (Å²) < 4.78 is 0. The lowest BCUT2D eigenvalue weighted by molar-refractivity contribution is -0.142. The van der Waals surface area contributed by atoms with Gasteiger partial charge in [-0.15, -0.1) is 0 Å². The van der Waals surface area contributed by atoms with E-state index in [4.69, 9.17) is 15.9 Å². The van der Waals surface area contributed by atoms with Gasteiger partial charge in [0, 0.05) is 13.0 Å². The van der Waals surface area contributed by atoms with Gasteiger partial charge in [-0.2, -0.15) is 0 Å². The summed E-state index contributed by atoms with van der Waals surface area (Å²) in [4.78, 5) is 59.7. The largest absolute Gasteiger partial charge is 0.481 e. The van der Waals surface area contributed by atoms with Gasteiger partial charge in [0.1, 0.15) is 24.7 Å². The molecule has 0 saturated carbocycles. The summed E-state index contributed by atoms with van der Waals surface area (Å²) in [6.45, 7) is 0.917. The molecular weight excluding hydrogens is 376 g/mol. The first-order valence-electron chi connectivity index (χ1n) is 8.80. The molecule has 1 heterocycles. The predicted octanol–water partition coefficient (Wildman–Crippen LogP) is -2.76. The number of carbonyl (C=O) groups is 5. The molecule has 4 unspecified atom stereocenters. The number of hydrogen-bond donors (Lipinski definition) is 6. The van der Waals surface area contributed by atoms with E-state index in [9.17, 15) is 29.1 Å². The normalized spacial score (nSPS) is 19.4.